The fraction of sp³-hybridized carbons (Fsp3) is 0.529. The molecule has 0 aliphatic carbocycles. The number of hydrogen-bond donors (Lipinski definition) is 3. The molecule has 3 N–H and O–H groups in total. The van der Waals surface area contributed by atoms with Crippen molar-refractivity contribution in [2.75, 3.05) is 23.4 Å². The average Bonchev–Trinajstić information content (AvgIpc) is 2.55. The second kappa shape index (κ2) is 7.36. The maximum absolute atomic E-state index is 12.2. The van der Waals surface area contributed by atoms with Crippen LogP contribution >= 0.6 is 11.8 Å². The van der Waals surface area contributed by atoms with Crippen LogP contribution in [0.4, 0.5) is 5.69 Å². The summed E-state index contributed by atoms with van der Waals surface area (Å²) in [5, 5.41) is 9.35. The highest BCUT2D eigenvalue weighted by molar-refractivity contribution is 7.99. The molecule has 0 saturated carbocycles. The van der Waals surface area contributed by atoms with Gasteiger partial charge < -0.3 is 16.0 Å². The van der Waals surface area contributed by atoms with Crippen molar-refractivity contribution in [3.8, 4) is 0 Å². The summed E-state index contributed by atoms with van der Waals surface area (Å²) in [4.78, 5) is 23.6. The molecule has 1 saturated heterocycles. The summed E-state index contributed by atoms with van der Waals surface area (Å²) in [7, 11) is 0. The van der Waals surface area contributed by atoms with Gasteiger partial charge in [-0.1, -0.05) is 12.1 Å². The highest BCUT2D eigenvalue weighted by Crippen LogP contribution is 2.26. The standard InChI is InChI=1S/C17H23N3O2S/c1-11(19-17(22)9-14-10-23-7-6-18-14)12-2-4-15-13(8-12)3-5-16(21)20-15/h2,4,8,11,14,18H,3,5-7,9-10H2,1H3,(H,19,22)(H,20,21). The van der Waals surface area contributed by atoms with Gasteiger partial charge in [-0.3, -0.25) is 9.59 Å². The Labute approximate surface area is 141 Å². The van der Waals surface area contributed by atoms with Gasteiger partial charge in [0.2, 0.25) is 11.8 Å². The lowest BCUT2D eigenvalue weighted by Crippen LogP contribution is -2.41. The Morgan fingerprint density at radius 2 is 2.30 bits per heavy atom. The van der Waals surface area contributed by atoms with Gasteiger partial charge in [0.05, 0.1) is 6.04 Å². The molecule has 0 bridgehead atoms. The van der Waals surface area contributed by atoms with E-state index in [4.69, 9.17) is 0 Å². The molecule has 2 unspecified atom stereocenters. The van der Waals surface area contributed by atoms with Crippen LogP contribution in [-0.2, 0) is 16.0 Å². The van der Waals surface area contributed by atoms with Gasteiger partial charge in [0, 0.05) is 42.6 Å². The molecule has 0 radical (unpaired) electrons. The van der Waals surface area contributed by atoms with Crippen molar-refractivity contribution in [2.45, 2.75) is 38.3 Å². The Balaban J connectivity index is 1.58. The average molecular weight is 333 g/mol. The number of rotatable bonds is 4. The molecule has 0 spiro atoms. The Kier molecular flexibility index (Phi) is 5.23. The van der Waals surface area contributed by atoms with Gasteiger partial charge in [0.1, 0.15) is 0 Å². The fourth-order valence-corrected chi connectivity index (χ4v) is 3.98. The Morgan fingerprint density at radius 3 is 3.09 bits per heavy atom. The van der Waals surface area contributed by atoms with Gasteiger partial charge in [-0.15, -0.1) is 0 Å². The smallest absolute Gasteiger partial charge is 0.224 e. The van der Waals surface area contributed by atoms with E-state index in [0.29, 0.717) is 12.8 Å². The topological polar surface area (TPSA) is 70.2 Å². The molecule has 0 aromatic heterocycles. The Hall–Kier alpha value is -1.53. The summed E-state index contributed by atoms with van der Waals surface area (Å²) < 4.78 is 0. The number of anilines is 1. The molecule has 2 aliphatic rings. The second-order valence-corrected chi connectivity index (χ2v) is 7.33. The van der Waals surface area contributed by atoms with Gasteiger partial charge in [-0.05, 0) is 30.5 Å². The third-order valence-corrected chi connectivity index (χ3v) is 5.46. The van der Waals surface area contributed by atoms with Crippen LogP contribution in [0, 0.1) is 0 Å². The molecule has 124 valence electrons. The maximum Gasteiger partial charge on any atom is 0.224 e. The molecular formula is C17H23N3O2S. The number of aryl methyl sites for hydroxylation is 1. The first-order valence-electron chi connectivity index (χ1n) is 8.15. The van der Waals surface area contributed by atoms with Crippen molar-refractivity contribution in [1.82, 2.24) is 10.6 Å². The van der Waals surface area contributed by atoms with Crippen LogP contribution in [0.25, 0.3) is 0 Å². The van der Waals surface area contributed by atoms with Crippen LogP contribution in [0.15, 0.2) is 18.2 Å². The monoisotopic (exact) mass is 333 g/mol. The third-order valence-electron chi connectivity index (χ3n) is 4.33. The third kappa shape index (κ3) is 4.26. The van der Waals surface area contributed by atoms with Gasteiger partial charge in [0.15, 0.2) is 0 Å². The van der Waals surface area contributed by atoms with E-state index in [1.54, 1.807) is 0 Å². The zero-order valence-corrected chi connectivity index (χ0v) is 14.2. The van der Waals surface area contributed by atoms with Crippen molar-refractivity contribution < 1.29 is 9.59 Å². The SMILES string of the molecule is CC(NC(=O)CC1CSCCN1)c1ccc2c(c1)CCC(=O)N2. The van der Waals surface area contributed by atoms with E-state index >= 15 is 0 Å². The highest BCUT2D eigenvalue weighted by atomic mass is 32.2. The lowest BCUT2D eigenvalue weighted by atomic mass is 9.97. The van der Waals surface area contributed by atoms with Crippen LogP contribution < -0.4 is 16.0 Å². The molecule has 1 aromatic rings. The van der Waals surface area contributed by atoms with E-state index in [9.17, 15) is 9.59 Å². The molecule has 23 heavy (non-hydrogen) atoms. The number of carbonyl (C=O) groups is 2. The molecule has 2 aliphatic heterocycles. The molecule has 3 rings (SSSR count). The molecular weight excluding hydrogens is 310 g/mol. The predicted octanol–water partition coefficient (Wildman–Crippen LogP) is 1.84. The minimum absolute atomic E-state index is 0.0262. The number of thioether (sulfide) groups is 1. The summed E-state index contributed by atoms with van der Waals surface area (Å²) >= 11 is 1.90. The van der Waals surface area contributed by atoms with Crippen molar-refractivity contribution >= 4 is 29.3 Å². The fourth-order valence-electron chi connectivity index (χ4n) is 3.03. The van der Waals surface area contributed by atoms with Gasteiger partial charge in [-0.25, -0.2) is 0 Å². The largest absolute Gasteiger partial charge is 0.350 e. The summed E-state index contributed by atoms with van der Waals surface area (Å²) in [6.45, 7) is 2.98. The van der Waals surface area contributed by atoms with Crippen LogP contribution in [-0.4, -0.2) is 35.9 Å². The van der Waals surface area contributed by atoms with E-state index in [1.807, 2.05) is 30.8 Å². The molecule has 1 fully saturated rings. The second-order valence-electron chi connectivity index (χ2n) is 6.18. The zero-order chi connectivity index (χ0) is 16.2. The van der Waals surface area contributed by atoms with Crippen LogP contribution in [0.2, 0.25) is 0 Å². The molecule has 5 nitrogen and oxygen atoms in total. The van der Waals surface area contributed by atoms with E-state index < -0.39 is 0 Å². The van der Waals surface area contributed by atoms with Gasteiger partial charge >= 0.3 is 0 Å². The zero-order valence-electron chi connectivity index (χ0n) is 13.4. The van der Waals surface area contributed by atoms with Crippen LogP contribution in [0.1, 0.15) is 36.9 Å². The molecule has 2 atom stereocenters. The van der Waals surface area contributed by atoms with E-state index in [0.717, 1.165) is 41.3 Å². The molecule has 2 amide bonds. The molecule has 1 aromatic carbocycles. The first-order chi connectivity index (χ1) is 11.1. The van der Waals surface area contributed by atoms with E-state index in [-0.39, 0.29) is 23.9 Å². The quantitative estimate of drug-likeness (QED) is 0.786. The minimum atomic E-state index is -0.0262. The molecule has 2 heterocycles. The number of carbonyl (C=O) groups excluding carboxylic acids is 2. The summed E-state index contributed by atoms with van der Waals surface area (Å²) in [6, 6.07) is 6.25. The summed E-state index contributed by atoms with van der Waals surface area (Å²) in [5.74, 6) is 2.29. The van der Waals surface area contributed by atoms with Crippen LogP contribution in [0.5, 0.6) is 0 Å². The summed E-state index contributed by atoms with van der Waals surface area (Å²) in [6.07, 6.45) is 1.82. The van der Waals surface area contributed by atoms with E-state index in [2.05, 4.69) is 22.0 Å². The first-order valence-corrected chi connectivity index (χ1v) is 9.30. The predicted molar refractivity (Wildman–Crippen MR) is 93.7 cm³/mol. The number of benzene rings is 1. The van der Waals surface area contributed by atoms with Gasteiger partial charge in [0.25, 0.3) is 0 Å². The number of fused-ring (bicyclic) bond motifs is 1. The Morgan fingerprint density at radius 1 is 1.43 bits per heavy atom. The number of hydrogen-bond acceptors (Lipinski definition) is 4. The Bertz CT molecular complexity index is 600. The van der Waals surface area contributed by atoms with Crippen molar-refractivity contribution in [2.24, 2.45) is 0 Å². The first kappa shape index (κ1) is 16.3. The molecule has 6 heteroatoms. The minimum Gasteiger partial charge on any atom is -0.350 e. The highest BCUT2D eigenvalue weighted by Gasteiger charge is 2.20. The number of amides is 2. The normalized spacial score (nSPS) is 22.0. The van der Waals surface area contributed by atoms with Crippen molar-refractivity contribution in [1.29, 1.82) is 0 Å². The van der Waals surface area contributed by atoms with Gasteiger partial charge in [-0.2, -0.15) is 11.8 Å². The van der Waals surface area contributed by atoms with E-state index in [1.165, 1.54) is 0 Å². The van der Waals surface area contributed by atoms with Crippen molar-refractivity contribution in [3.63, 3.8) is 0 Å². The lowest BCUT2D eigenvalue weighted by molar-refractivity contribution is -0.122. The van der Waals surface area contributed by atoms with Crippen LogP contribution in [0.3, 0.4) is 0 Å². The van der Waals surface area contributed by atoms with Crippen molar-refractivity contribution in [3.05, 3.63) is 29.3 Å². The maximum atomic E-state index is 12.2. The number of nitrogens with one attached hydrogen (secondary N) is 3. The lowest BCUT2D eigenvalue weighted by Gasteiger charge is -2.24. The summed E-state index contributed by atoms with van der Waals surface area (Å²) in [5.41, 5.74) is 3.12.